The van der Waals surface area contributed by atoms with Crippen molar-refractivity contribution in [3.63, 3.8) is 0 Å². The Morgan fingerprint density at radius 2 is 2.04 bits per heavy atom. The maximum absolute atomic E-state index is 13.2. The summed E-state index contributed by atoms with van der Waals surface area (Å²) in [6, 6.07) is 1.89. The third kappa shape index (κ3) is 5.34. The predicted octanol–water partition coefficient (Wildman–Crippen LogP) is 2.60. The van der Waals surface area contributed by atoms with Gasteiger partial charge in [-0.15, -0.1) is 11.3 Å². The largest absolute Gasteiger partial charge is 0.379 e. The van der Waals surface area contributed by atoms with Crippen LogP contribution < -0.4 is 0 Å². The van der Waals surface area contributed by atoms with Gasteiger partial charge in [-0.2, -0.15) is 0 Å². The molecular weight excluding hydrogens is 400 g/mol. The van der Waals surface area contributed by atoms with E-state index < -0.39 is 10.0 Å². The third-order valence-corrected chi connectivity index (χ3v) is 8.17. The average Bonchev–Trinajstić information content (AvgIpc) is 3.14. The van der Waals surface area contributed by atoms with Crippen molar-refractivity contribution in [2.75, 3.05) is 52.6 Å². The van der Waals surface area contributed by atoms with Gasteiger partial charge >= 0.3 is 0 Å². The second-order valence-corrected chi connectivity index (χ2v) is 9.84. The van der Waals surface area contributed by atoms with E-state index >= 15 is 0 Å². The number of unbranched alkanes of at least 4 members (excludes halogenated alkanes) is 1. The molecule has 3 rings (SSSR count). The van der Waals surface area contributed by atoms with E-state index in [9.17, 15) is 8.42 Å². The summed E-state index contributed by atoms with van der Waals surface area (Å²) in [6.07, 6.45) is 3.31. The second-order valence-electron chi connectivity index (χ2n) is 6.87. The van der Waals surface area contributed by atoms with Crippen LogP contribution in [-0.4, -0.2) is 76.5 Å². The van der Waals surface area contributed by atoms with Crippen LogP contribution in [0.25, 0.3) is 6.08 Å². The summed E-state index contributed by atoms with van der Waals surface area (Å²) in [5.41, 5.74) is 1.65. The molecule has 2 aliphatic heterocycles. The highest BCUT2D eigenvalue weighted by Crippen LogP contribution is 2.35. The molecule has 7 nitrogen and oxygen atoms in total. The molecule has 158 valence electrons. The lowest BCUT2D eigenvalue weighted by molar-refractivity contribution is -0.127. The third-order valence-electron chi connectivity index (χ3n) is 4.82. The van der Waals surface area contributed by atoms with Gasteiger partial charge in [-0.3, -0.25) is 9.21 Å². The molecule has 1 atom stereocenters. The summed E-state index contributed by atoms with van der Waals surface area (Å²) in [7, 11) is -3.49. The van der Waals surface area contributed by atoms with Gasteiger partial charge in [-0.25, -0.2) is 8.42 Å². The SMILES string of the molecule is CCOC(C)OCCCCN1C(CN2CCOCC2)=Cc2ccsc2S1(=O)=O. The van der Waals surface area contributed by atoms with Gasteiger partial charge in [0.15, 0.2) is 6.29 Å². The molecular formula is C19H30N2O5S2. The highest BCUT2D eigenvalue weighted by atomic mass is 32.2. The Kier molecular flexibility index (Phi) is 7.90. The molecule has 0 radical (unpaired) electrons. The molecule has 1 aromatic heterocycles. The lowest BCUT2D eigenvalue weighted by Gasteiger charge is -2.34. The van der Waals surface area contributed by atoms with E-state index in [1.165, 1.54) is 11.3 Å². The van der Waals surface area contributed by atoms with Crippen LogP contribution in [0.5, 0.6) is 0 Å². The molecule has 0 aliphatic carbocycles. The number of sulfonamides is 1. The minimum Gasteiger partial charge on any atom is -0.379 e. The van der Waals surface area contributed by atoms with Crippen molar-refractivity contribution < 1.29 is 22.6 Å². The summed E-state index contributed by atoms with van der Waals surface area (Å²) in [5, 5.41) is 1.84. The first-order valence-electron chi connectivity index (χ1n) is 9.86. The second kappa shape index (κ2) is 10.2. The molecule has 1 unspecified atom stereocenters. The first-order valence-corrected chi connectivity index (χ1v) is 12.2. The minimum absolute atomic E-state index is 0.228. The minimum atomic E-state index is -3.49. The standard InChI is InChI=1S/C19H30N2O5S2/c1-3-25-16(2)26-10-5-4-7-21-18(15-20-8-11-24-12-9-20)14-17-6-13-27-19(17)28(21,22)23/h6,13-14,16H,3-5,7-12,15H2,1-2H3. The van der Waals surface area contributed by atoms with E-state index in [1.54, 1.807) is 4.31 Å². The predicted molar refractivity (Wildman–Crippen MR) is 110 cm³/mol. The summed E-state index contributed by atoms with van der Waals surface area (Å²) in [6.45, 7) is 9.10. The van der Waals surface area contributed by atoms with Crippen LogP contribution >= 0.6 is 11.3 Å². The van der Waals surface area contributed by atoms with Gasteiger partial charge in [-0.1, -0.05) is 0 Å². The first kappa shape index (κ1) is 21.7. The molecule has 1 saturated heterocycles. The fraction of sp³-hybridized carbons (Fsp3) is 0.684. The van der Waals surface area contributed by atoms with Crippen molar-refractivity contribution in [3.05, 3.63) is 22.7 Å². The van der Waals surface area contributed by atoms with Gasteiger partial charge in [-0.05, 0) is 44.2 Å². The number of morpholine rings is 1. The summed E-state index contributed by atoms with van der Waals surface area (Å²) in [4.78, 5) is 2.25. The smallest absolute Gasteiger partial charge is 0.274 e. The van der Waals surface area contributed by atoms with Crippen molar-refractivity contribution >= 4 is 27.4 Å². The summed E-state index contributed by atoms with van der Waals surface area (Å²) >= 11 is 1.29. The van der Waals surface area contributed by atoms with Crippen LogP contribution in [0, 0.1) is 0 Å². The number of rotatable bonds is 10. The van der Waals surface area contributed by atoms with Crippen LogP contribution in [0.1, 0.15) is 32.3 Å². The fourth-order valence-corrected chi connectivity index (χ4v) is 6.33. The quantitative estimate of drug-likeness (QED) is 0.420. The molecule has 0 bridgehead atoms. The topological polar surface area (TPSA) is 68.3 Å². The number of fused-ring (bicyclic) bond motifs is 1. The van der Waals surface area contributed by atoms with E-state index in [-0.39, 0.29) is 6.29 Å². The van der Waals surface area contributed by atoms with Gasteiger partial charge < -0.3 is 14.2 Å². The monoisotopic (exact) mass is 430 g/mol. The lowest BCUT2D eigenvalue weighted by atomic mass is 10.2. The molecule has 3 heterocycles. The van der Waals surface area contributed by atoms with Crippen molar-refractivity contribution in [2.24, 2.45) is 0 Å². The zero-order chi connectivity index (χ0) is 20.0. The first-order chi connectivity index (χ1) is 13.5. The van der Waals surface area contributed by atoms with E-state index in [1.807, 2.05) is 31.4 Å². The Labute approximate surface area is 171 Å². The molecule has 1 aromatic rings. The van der Waals surface area contributed by atoms with E-state index in [0.717, 1.165) is 37.2 Å². The van der Waals surface area contributed by atoms with Gasteiger partial charge in [0, 0.05) is 50.7 Å². The van der Waals surface area contributed by atoms with Crippen LogP contribution in [0.2, 0.25) is 0 Å². The van der Waals surface area contributed by atoms with E-state index in [2.05, 4.69) is 4.90 Å². The maximum Gasteiger partial charge on any atom is 0.274 e. The zero-order valence-electron chi connectivity index (χ0n) is 16.6. The fourth-order valence-electron chi connectivity index (χ4n) is 3.39. The molecule has 0 amide bonds. The maximum atomic E-state index is 13.2. The highest BCUT2D eigenvalue weighted by molar-refractivity contribution is 7.91. The number of nitrogens with zero attached hydrogens (tertiary/aromatic N) is 2. The highest BCUT2D eigenvalue weighted by Gasteiger charge is 2.34. The number of ether oxygens (including phenoxy) is 3. The number of thiophene rings is 1. The van der Waals surface area contributed by atoms with Crippen molar-refractivity contribution in [2.45, 2.75) is 37.2 Å². The van der Waals surface area contributed by atoms with Gasteiger partial charge in [0.1, 0.15) is 4.21 Å². The van der Waals surface area contributed by atoms with E-state index in [0.29, 0.717) is 43.7 Å². The van der Waals surface area contributed by atoms with Crippen LogP contribution in [0.4, 0.5) is 0 Å². The van der Waals surface area contributed by atoms with Gasteiger partial charge in [0.2, 0.25) is 0 Å². The van der Waals surface area contributed by atoms with Crippen molar-refractivity contribution in [3.8, 4) is 0 Å². The molecule has 2 aliphatic rings. The Morgan fingerprint density at radius 3 is 2.79 bits per heavy atom. The normalized spacial score (nSPS) is 20.6. The molecule has 1 fully saturated rings. The lowest BCUT2D eigenvalue weighted by Crippen LogP contribution is -2.43. The Bertz CT molecular complexity index is 756. The average molecular weight is 431 g/mol. The Balaban J connectivity index is 1.64. The summed E-state index contributed by atoms with van der Waals surface area (Å²) < 4.78 is 44.7. The van der Waals surface area contributed by atoms with Gasteiger partial charge in [0.25, 0.3) is 10.0 Å². The van der Waals surface area contributed by atoms with Crippen molar-refractivity contribution in [1.82, 2.24) is 9.21 Å². The Hall–Kier alpha value is -0.970. The number of hydrogen-bond donors (Lipinski definition) is 0. The van der Waals surface area contributed by atoms with E-state index in [4.69, 9.17) is 14.2 Å². The van der Waals surface area contributed by atoms with Crippen LogP contribution in [0.15, 0.2) is 21.4 Å². The molecule has 9 heteroatoms. The molecule has 0 N–H and O–H groups in total. The van der Waals surface area contributed by atoms with Crippen LogP contribution in [-0.2, 0) is 24.2 Å². The number of hydrogen-bond acceptors (Lipinski definition) is 7. The van der Waals surface area contributed by atoms with Crippen molar-refractivity contribution in [1.29, 1.82) is 0 Å². The molecule has 0 spiro atoms. The summed E-state index contributed by atoms with van der Waals surface area (Å²) in [5.74, 6) is 0. The zero-order valence-corrected chi connectivity index (χ0v) is 18.3. The van der Waals surface area contributed by atoms with Crippen LogP contribution in [0.3, 0.4) is 0 Å². The molecule has 0 saturated carbocycles. The van der Waals surface area contributed by atoms with Gasteiger partial charge in [0.05, 0.1) is 13.2 Å². The molecule has 28 heavy (non-hydrogen) atoms. The Morgan fingerprint density at radius 1 is 1.25 bits per heavy atom. The molecule has 0 aromatic carbocycles.